The Hall–Kier alpha value is -1.65. The summed E-state index contributed by atoms with van der Waals surface area (Å²) in [6, 6.07) is 2.14. The van der Waals surface area contributed by atoms with Crippen LogP contribution in [0.4, 0.5) is 32.0 Å². The van der Waals surface area contributed by atoms with Crippen LogP contribution >= 0.6 is 0 Å². The van der Waals surface area contributed by atoms with Gasteiger partial charge >= 0.3 is 12.4 Å². The Labute approximate surface area is 115 Å². The van der Waals surface area contributed by atoms with Gasteiger partial charge in [0.1, 0.15) is 5.75 Å². The first-order valence-electron chi connectivity index (χ1n) is 5.16. The Morgan fingerprint density at radius 2 is 1.71 bits per heavy atom. The maximum atomic E-state index is 12.8. The van der Waals surface area contributed by atoms with Gasteiger partial charge in [-0.3, -0.25) is 4.72 Å². The number of halogens is 6. The summed E-state index contributed by atoms with van der Waals surface area (Å²) < 4.78 is 103. The minimum absolute atomic E-state index is 0.221. The summed E-state index contributed by atoms with van der Waals surface area (Å²) >= 11 is 0. The van der Waals surface area contributed by atoms with Crippen LogP contribution in [0.1, 0.15) is 5.56 Å². The molecule has 0 unspecified atom stereocenters. The zero-order valence-electron chi connectivity index (χ0n) is 10.3. The van der Waals surface area contributed by atoms with E-state index in [4.69, 9.17) is 0 Å². The maximum absolute atomic E-state index is 12.8. The molecule has 0 heterocycles. The molecule has 0 radical (unpaired) electrons. The third kappa shape index (κ3) is 5.33. The van der Waals surface area contributed by atoms with E-state index in [1.165, 1.54) is 4.72 Å². The number of methoxy groups -OCH3 is 1. The lowest BCUT2D eigenvalue weighted by Crippen LogP contribution is -2.28. The van der Waals surface area contributed by atoms with E-state index >= 15 is 0 Å². The van der Waals surface area contributed by atoms with Gasteiger partial charge in [0.25, 0.3) is 0 Å². The van der Waals surface area contributed by atoms with Crippen molar-refractivity contribution < 1.29 is 39.5 Å². The number of sulfonamides is 1. The quantitative estimate of drug-likeness (QED) is 0.860. The molecule has 0 saturated carbocycles. The second-order valence-electron chi connectivity index (χ2n) is 3.89. The molecule has 0 atom stereocenters. The lowest BCUT2D eigenvalue weighted by Gasteiger charge is -2.16. The minimum Gasteiger partial charge on any atom is -0.497 e. The van der Waals surface area contributed by atoms with Gasteiger partial charge in [-0.2, -0.15) is 26.3 Å². The third-order valence-electron chi connectivity index (χ3n) is 2.15. The van der Waals surface area contributed by atoms with E-state index in [1.54, 1.807) is 0 Å². The SMILES string of the molecule is COc1ccc(NS(=O)(=O)CC(F)(F)F)c(C(F)(F)F)c1. The van der Waals surface area contributed by atoms with Gasteiger partial charge in [-0.1, -0.05) is 0 Å². The van der Waals surface area contributed by atoms with Crippen molar-refractivity contribution in [1.82, 2.24) is 0 Å². The van der Waals surface area contributed by atoms with Crippen molar-refractivity contribution in [3.63, 3.8) is 0 Å². The first-order valence-corrected chi connectivity index (χ1v) is 6.82. The normalized spacial score (nSPS) is 13.1. The van der Waals surface area contributed by atoms with Crippen molar-refractivity contribution in [3.05, 3.63) is 23.8 Å². The molecule has 0 amide bonds. The molecular weight excluding hydrogens is 328 g/mol. The molecule has 1 aromatic rings. The fourth-order valence-corrected chi connectivity index (χ4v) is 2.41. The van der Waals surface area contributed by atoms with Crippen molar-refractivity contribution >= 4 is 15.7 Å². The number of nitrogens with one attached hydrogen (secondary N) is 1. The van der Waals surface area contributed by atoms with Gasteiger partial charge in [-0.05, 0) is 18.2 Å². The predicted octanol–water partition coefficient (Wildman–Crippen LogP) is 3.02. The Balaban J connectivity index is 3.20. The predicted molar refractivity (Wildman–Crippen MR) is 61.5 cm³/mol. The van der Waals surface area contributed by atoms with Crippen molar-refractivity contribution in [2.45, 2.75) is 12.4 Å². The molecule has 120 valence electrons. The maximum Gasteiger partial charge on any atom is 0.418 e. The molecule has 0 fully saturated rings. The first kappa shape index (κ1) is 17.4. The van der Waals surface area contributed by atoms with Gasteiger partial charge < -0.3 is 4.74 Å². The van der Waals surface area contributed by atoms with Gasteiger partial charge in [0, 0.05) is 0 Å². The fraction of sp³-hybridized carbons (Fsp3) is 0.400. The molecule has 11 heteroatoms. The van der Waals surface area contributed by atoms with Crippen LogP contribution < -0.4 is 9.46 Å². The summed E-state index contributed by atoms with van der Waals surface area (Å²) in [6.07, 6.45) is -10.0. The van der Waals surface area contributed by atoms with Crippen molar-refractivity contribution in [1.29, 1.82) is 0 Å². The standard InChI is InChI=1S/C10H9F6NO3S/c1-20-6-2-3-8(7(4-6)10(14,15)16)17-21(18,19)5-9(11,12)13/h2-4,17H,5H2,1H3. The molecule has 0 bridgehead atoms. The number of hydrogen-bond acceptors (Lipinski definition) is 3. The lowest BCUT2D eigenvalue weighted by molar-refractivity contribution is -0.137. The highest BCUT2D eigenvalue weighted by Crippen LogP contribution is 2.37. The molecule has 1 N–H and O–H groups in total. The van der Waals surface area contributed by atoms with Gasteiger partial charge in [0.05, 0.1) is 18.4 Å². The highest BCUT2D eigenvalue weighted by atomic mass is 32.2. The molecule has 0 saturated heterocycles. The Bertz CT molecular complexity index is 608. The van der Waals surface area contributed by atoms with Crippen LogP contribution in [0, 0.1) is 0 Å². The fourth-order valence-electron chi connectivity index (χ4n) is 1.39. The molecule has 4 nitrogen and oxygen atoms in total. The van der Waals surface area contributed by atoms with E-state index in [1.807, 2.05) is 0 Å². The summed E-state index contributed by atoms with van der Waals surface area (Å²) in [5.41, 5.74) is -2.46. The first-order chi connectivity index (χ1) is 9.34. The summed E-state index contributed by atoms with van der Waals surface area (Å²) in [5, 5.41) is 0. The van der Waals surface area contributed by atoms with Crippen LogP contribution in [0.3, 0.4) is 0 Å². The Morgan fingerprint density at radius 1 is 1.14 bits per heavy atom. The average Bonchev–Trinajstić information content (AvgIpc) is 2.24. The smallest absolute Gasteiger partial charge is 0.418 e. The lowest BCUT2D eigenvalue weighted by atomic mass is 10.1. The second kappa shape index (κ2) is 5.62. The van der Waals surface area contributed by atoms with E-state index in [2.05, 4.69) is 4.74 Å². The van der Waals surface area contributed by atoms with Crippen LogP contribution in [-0.2, 0) is 16.2 Å². The topological polar surface area (TPSA) is 55.4 Å². The number of anilines is 1. The molecule has 1 rings (SSSR count). The van der Waals surface area contributed by atoms with E-state index in [9.17, 15) is 34.8 Å². The van der Waals surface area contributed by atoms with Crippen LogP contribution in [-0.4, -0.2) is 27.5 Å². The van der Waals surface area contributed by atoms with Crippen molar-refractivity contribution in [3.8, 4) is 5.75 Å². The summed E-state index contributed by atoms with van der Waals surface area (Å²) in [7, 11) is -3.92. The van der Waals surface area contributed by atoms with Gasteiger partial charge in [-0.25, -0.2) is 8.42 Å². The van der Waals surface area contributed by atoms with Gasteiger partial charge in [0.15, 0.2) is 5.75 Å². The molecule has 1 aromatic carbocycles. The van der Waals surface area contributed by atoms with Crippen LogP contribution in [0.25, 0.3) is 0 Å². The highest BCUT2D eigenvalue weighted by molar-refractivity contribution is 7.92. The minimum atomic E-state index is -5.07. The monoisotopic (exact) mass is 337 g/mol. The van der Waals surface area contributed by atoms with Gasteiger partial charge in [0.2, 0.25) is 10.0 Å². The Morgan fingerprint density at radius 3 is 2.14 bits per heavy atom. The summed E-state index contributed by atoms with van der Waals surface area (Å²) in [5.74, 6) is -2.51. The van der Waals surface area contributed by atoms with E-state index in [-0.39, 0.29) is 5.75 Å². The number of hydrogen-bond donors (Lipinski definition) is 1. The van der Waals surface area contributed by atoms with Crippen molar-refractivity contribution in [2.75, 3.05) is 17.6 Å². The average molecular weight is 337 g/mol. The Kier molecular flexibility index (Phi) is 4.66. The van der Waals surface area contributed by atoms with Gasteiger partial charge in [-0.15, -0.1) is 0 Å². The molecule has 0 aliphatic rings. The van der Waals surface area contributed by atoms with Crippen molar-refractivity contribution in [2.24, 2.45) is 0 Å². The molecular formula is C10H9F6NO3S. The van der Waals surface area contributed by atoms with E-state index in [0.717, 1.165) is 13.2 Å². The highest BCUT2D eigenvalue weighted by Gasteiger charge is 2.38. The largest absolute Gasteiger partial charge is 0.497 e. The summed E-state index contributed by atoms with van der Waals surface area (Å²) in [6.45, 7) is 0. The summed E-state index contributed by atoms with van der Waals surface area (Å²) in [4.78, 5) is 0. The van der Waals surface area contributed by atoms with Crippen LogP contribution in [0.15, 0.2) is 18.2 Å². The number of benzene rings is 1. The molecule has 0 aliphatic heterocycles. The molecule has 0 aliphatic carbocycles. The third-order valence-corrected chi connectivity index (χ3v) is 3.39. The molecule has 0 aromatic heterocycles. The van der Waals surface area contributed by atoms with E-state index in [0.29, 0.717) is 12.1 Å². The molecule has 21 heavy (non-hydrogen) atoms. The van der Waals surface area contributed by atoms with Crippen LogP contribution in [0.2, 0.25) is 0 Å². The second-order valence-corrected chi connectivity index (χ2v) is 5.61. The number of rotatable bonds is 4. The number of alkyl halides is 6. The zero-order chi connectivity index (χ0) is 16.5. The zero-order valence-corrected chi connectivity index (χ0v) is 11.2. The number of ether oxygens (including phenoxy) is 1. The molecule has 0 spiro atoms. The van der Waals surface area contributed by atoms with E-state index < -0.39 is 39.4 Å². The van der Waals surface area contributed by atoms with Crippen LogP contribution in [0.5, 0.6) is 5.75 Å².